The van der Waals surface area contributed by atoms with Crippen molar-refractivity contribution in [1.82, 2.24) is 9.55 Å². The van der Waals surface area contributed by atoms with Crippen molar-refractivity contribution in [2.24, 2.45) is 0 Å². The number of benzene rings is 2. The zero-order valence-electron chi connectivity index (χ0n) is 12.1. The molecular formula is C16H12ClFN2O2S. The largest absolute Gasteiger partial charge is 0.297 e. The molecule has 0 bridgehead atoms. The normalized spacial score (nSPS) is 11.6. The molecule has 1 heterocycles. The van der Waals surface area contributed by atoms with Gasteiger partial charge in [0.15, 0.2) is 15.0 Å². The van der Waals surface area contributed by atoms with Crippen LogP contribution >= 0.6 is 11.6 Å². The monoisotopic (exact) mass is 350 g/mol. The lowest BCUT2D eigenvalue weighted by Gasteiger charge is -2.09. The molecule has 0 saturated heterocycles. The van der Waals surface area contributed by atoms with Crippen LogP contribution < -0.4 is 0 Å². The summed E-state index contributed by atoms with van der Waals surface area (Å²) in [6.45, 7) is 0. The van der Waals surface area contributed by atoms with Crippen molar-refractivity contribution in [3.05, 3.63) is 65.8 Å². The maximum absolute atomic E-state index is 13.1. The van der Waals surface area contributed by atoms with E-state index in [0.29, 0.717) is 16.9 Å². The highest BCUT2D eigenvalue weighted by Crippen LogP contribution is 2.30. The molecule has 118 valence electrons. The van der Waals surface area contributed by atoms with E-state index < -0.39 is 9.84 Å². The molecule has 7 heteroatoms. The lowest BCUT2D eigenvalue weighted by atomic mass is 10.1. The van der Waals surface area contributed by atoms with Gasteiger partial charge in [-0.2, -0.15) is 0 Å². The van der Waals surface area contributed by atoms with Crippen molar-refractivity contribution in [2.75, 3.05) is 6.26 Å². The van der Waals surface area contributed by atoms with Crippen LogP contribution in [0.25, 0.3) is 16.9 Å². The minimum absolute atomic E-state index is 0.227. The lowest BCUT2D eigenvalue weighted by molar-refractivity contribution is 0.602. The van der Waals surface area contributed by atoms with Crippen LogP contribution in [0.5, 0.6) is 0 Å². The molecule has 0 radical (unpaired) electrons. The van der Waals surface area contributed by atoms with Crippen LogP contribution in [0.3, 0.4) is 0 Å². The van der Waals surface area contributed by atoms with Gasteiger partial charge in [0.05, 0.1) is 10.6 Å². The van der Waals surface area contributed by atoms with Gasteiger partial charge in [-0.05, 0) is 36.4 Å². The number of aromatic nitrogens is 2. The van der Waals surface area contributed by atoms with Gasteiger partial charge < -0.3 is 0 Å². The van der Waals surface area contributed by atoms with Gasteiger partial charge >= 0.3 is 0 Å². The molecular weight excluding hydrogens is 339 g/mol. The van der Waals surface area contributed by atoms with Crippen LogP contribution in [0, 0.1) is 5.82 Å². The van der Waals surface area contributed by atoms with E-state index in [0.717, 1.165) is 6.26 Å². The molecule has 23 heavy (non-hydrogen) atoms. The standard InChI is InChI=1S/C16H12ClFN2O2S/c1-23(21,22)14-8-2-11(3-9-14)15-16(17)19-10-20(15)13-6-4-12(18)5-7-13/h2-10H,1H3. The van der Waals surface area contributed by atoms with Crippen molar-refractivity contribution >= 4 is 21.4 Å². The van der Waals surface area contributed by atoms with E-state index >= 15 is 0 Å². The van der Waals surface area contributed by atoms with Gasteiger partial charge in [-0.1, -0.05) is 23.7 Å². The Labute approximate surface area is 138 Å². The van der Waals surface area contributed by atoms with Gasteiger partial charge in [0.1, 0.15) is 12.1 Å². The number of nitrogens with zero attached hydrogens (tertiary/aromatic N) is 2. The molecule has 0 aliphatic carbocycles. The number of imidazole rings is 1. The summed E-state index contributed by atoms with van der Waals surface area (Å²) < 4.78 is 37.9. The van der Waals surface area contributed by atoms with Crippen molar-refractivity contribution in [3.63, 3.8) is 0 Å². The van der Waals surface area contributed by atoms with Gasteiger partial charge in [0.2, 0.25) is 0 Å². The Balaban J connectivity index is 2.10. The summed E-state index contributed by atoms with van der Waals surface area (Å²) in [5.41, 5.74) is 2.02. The van der Waals surface area contributed by atoms with Crippen molar-refractivity contribution in [3.8, 4) is 16.9 Å². The number of hydrogen-bond acceptors (Lipinski definition) is 3. The quantitative estimate of drug-likeness (QED) is 0.723. The number of halogens is 2. The Bertz CT molecular complexity index is 949. The Kier molecular flexibility index (Phi) is 3.95. The second-order valence-electron chi connectivity index (χ2n) is 5.03. The molecule has 1 aromatic heterocycles. The minimum atomic E-state index is -3.26. The van der Waals surface area contributed by atoms with E-state index in [2.05, 4.69) is 4.98 Å². The highest BCUT2D eigenvalue weighted by molar-refractivity contribution is 7.90. The van der Waals surface area contributed by atoms with Crippen LogP contribution in [0.2, 0.25) is 5.15 Å². The fraction of sp³-hybridized carbons (Fsp3) is 0.0625. The summed E-state index contributed by atoms with van der Waals surface area (Å²) >= 11 is 6.17. The maximum atomic E-state index is 13.1. The topological polar surface area (TPSA) is 52.0 Å². The molecule has 0 atom stereocenters. The van der Waals surface area contributed by atoms with Crippen LogP contribution in [0.1, 0.15) is 0 Å². The third kappa shape index (κ3) is 3.13. The highest BCUT2D eigenvalue weighted by atomic mass is 35.5. The smallest absolute Gasteiger partial charge is 0.175 e. The fourth-order valence-electron chi connectivity index (χ4n) is 2.24. The average Bonchev–Trinajstić information content (AvgIpc) is 2.89. The molecule has 0 aliphatic heterocycles. The Morgan fingerprint density at radius 3 is 2.22 bits per heavy atom. The minimum Gasteiger partial charge on any atom is -0.297 e. The van der Waals surface area contributed by atoms with E-state index in [1.807, 2.05) is 0 Å². The van der Waals surface area contributed by atoms with Gasteiger partial charge in [-0.25, -0.2) is 17.8 Å². The Morgan fingerprint density at radius 1 is 1.04 bits per heavy atom. The Hall–Kier alpha value is -2.18. The molecule has 0 aliphatic rings. The SMILES string of the molecule is CS(=O)(=O)c1ccc(-c2c(Cl)ncn2-c2ccc(F)cc2)cc1. The first kappa shape index (κ1) is 15.7. The average molecular weight is 351 g/mol. The van der Waals surface area contributed by atoms with E-state index in [-0.39, 0.29) is 15.9 Å². The first-order valence-corrected chi connectivity index (χ1v) is 8.92. The van der Waals surface area contributed by atoms with Gasteiger partial charge in [0, 0.05) is 17.5 Å². The molecule has 0 spiro atoms. The second kappa shape index (κ2) is 5.79. The summed E-state index contributed by atoms with van der Waals surface area (Å²) in [5.74, 6) is -0.334. The third-order valence-corrected chi connectivity index (χ3v) is 4.79. The first-order chi connectivity index (χ1) is 10.9. The summed E-state index contributed by atoms with van der Waals surface area (Å²) in [5, 5.41) is 0.279. The molecule has 3 aromatic rings. The highest BCUT2D eigenvalue weighted by Gasteiger charge is 2.14. The zero-order chi connectivity index (χ0) is 16.6. The van der Waals surface area contributed by atoms with Gasteiger partial charge in [-0.15, -0.1) is 0 Å². The van der Waals surface area contributed by atoms with E-state index in [4.69, 9.17) is 11.6 Å². The van der Waals surface area contributed by atoms with Crippen LogP contribution in [-0.4, -0.2) is 24.2 Å². The Morgan fingerprint density at radius 2 is 1.65 bits per heavy atom. The number of hydrogen-bond donors (Lipinski definition) is 0. The second-order valence-corrected chi connectivity index (χ2v) is 7.40. The summed E-state index contributed by atoms with van der Waals surface area (Å²) in [7, 11) is -3.26. The van der Waals surface area contributed by atoms with Crippen molar-refractivity contribution < 1.29 is 12.8 Å². The molecule has 2 aromatic carbocycles. The van der Waals surface area contributed by atoms with E-state index in [9.17, 15) is 12.8 Å². The summed E-state index contributed by atoms with van der Waals surface area (Å²) in [6, 6.07) is 12.3. The fourth-order valence-corrected chi connectivity index (χ4v) is 3.12. The van der Waals surface area contributed by atoms with E-state index in [1.165, 1.54) is 30.6 Å². The van der Waals surface area contributed by atoms with Crippen molar-refractivity contribution in [1.29, 1.82) is 0 Å². The predicted octanol–water partition coefficient (Wildman–Crippen LogP) is 3.74. The van der Waals surface area contributed by atoms with Crippen LogP contribution in [0.15, 0.2) is 59.8 Å². The first-order valence-electron chi connectivity index (χ1n) is 6.65. The molecule has 0 N–H and O–H groups in total. The van der Waals surface area contributed by atoms with Crippen LogP contribution in [-0.2, 0) is 9.84 Å². The van der Waals surface area contributed by atoms with Crippen LogP contribution in [0.4, 0.5) is 4.39 Å². The molecule has 0 fully saturated rings. The summed E-state index contributed by atoms with van der Waals surface area (Å²) in [6.07, 6.45) is 2.69. The van der Waals surface area contributed by atoms with Gasteiger partial charge in [0.25, 0.3) is 0 Å². The third-order valence-electron chi connectivity index (χ3n) is 3.38. The summed E-state index contributed by atoms with van der Waals surface area (Å²) in [4.78, 5) is 4.31. The molecule has 3 rings (SSSR count). The number of sulfone groups is 1. The van der Waals surface area contributed by atoms with E-state index in [1.54, 1.807) is 28.8 Å². The number of rotatable bonds is 3. The molecule has 0 unspecified atom stereocenters. The molecule has 0 amide bonds. The predicted molar refractivity (Wildman–Crippen MR) is 87.1 cm³/mol. The lowest BCUT2D eigenvalue weighted by Crippen LogP contribution is -1.98. The molecule has 4 nitrogen and oxygen atoms in total. The molecule has 0 saturated carbocycles. The van der Waals surface area contributed by atoms with Gasteiger partial charge in [-0.3, -0.25) is 4.57 Å². The zero-order valence-corrected chi connectivity index (χ0v) is 13.6. The van der Waals surface area contributed by atoms with Crippen molar-refractivity contribution in [2.45, 2.75) is 4.90 Å². The maximum Gasteiger partial charge on any atom is 0.175 e.